The second-order valence-corrected chi connectivity index (χ2v) is 12.6. The minimum absolute atomic E-state index is 0.00696. The monoisotopic (exact) mass is 585 g/mol. The standard InChI is InChI=1S/C30H36ClN3O5S/c1-6-39-26-15-17-27(18-16-26)40(37,38)34(25-13-8-7-9-14-25)21-28(35)33(20-23-11-10-12-24(31)19-23)22(2)29(36)32-30(3,4)5/h7-19,22H,6,20-21H2,1-5H3,(H,32,36). The number of rotatable bonds is 11. The summed E-state index contributed by atoms with van der Waals surface area (Å²) >= 11 is 6.18. The number of carbonyl (C=O) groups excluding carboxylic acids is 2. The van der Waals surface area contributed by atoms with Gasteiger partial charge in [0.05, 0.1) is 17.2 Å². The molecule has 0 bridgehead atoms. The summed E-state index contributed by atoms with van der Waals surface area (Å²) < 4.78 is 34.3. The third-order valence-electron chi connectivity index (χ3n) is 5.95. The first-order chi connectivity index (χ1) is 18.8. The second kappa shape index (κ2) is 13.2. The largest absolute Gasteiger partial charge is 0.494 e. The minimum atomic E-state index is -4.16. The van der Waals surface area contributed by atoms with E-state index in [0.717, 1.165) is 4.31 Å². The normalized spacial score (nSPS) is 12.3. The molecule has 10 heteroatoms. The lowest BCUT2D eigenvalue weighted by Crippen LogP contribution is -2.54. The summed E-state index contributed by atoms with van der Waals surface area (Å²) in [5.74, 6) is -0.367. The SMILES string of the molecule is CCOc1ccc(S(=O)(=O)N(CC(=O)N(Cc2cccc(Cl)c2)C(C)C(=O)NC(C)(C)C)c2ccccc2)cc1. The number of hydrogen-bond acceptors (Lipinski definition) is 5. The molecule has 0 saturated carbocycles. The van der Waals surface area contributed by atoms with Crippen LogP contribution in [0.2, 0.25) is 5.02 Å². The second-order valence-electron chi connectivity index (χ2n) is 10.3. The zero-order valence-corrected chi connectivity index (χ0v) is 25.0. The van der Waals surface area contributed by atoms with Gasteiger partial charge >= 0.3 is 0 Å². The molecular formula is C30H36ClN3O5S. The van der Waals surface area contributed by atoms with Gasteiger partial charge in [0.15, 0.2) is 0 Å². The number of nitrogens with one attached hydrogen (secondary N) is 1. The molecule has 3 aromatic carbocycles. The maximum Gasteiger partial charge on any atom is 0.264 e. The fourth-order valence-corrected chi connectivity index (χ4v) is 5.64. The lowest BCUT2D eigenvalue weighted by Gasteiger charge is -2.33. The van der Waals surface area contributed by atoms with Gasteiger partial charge in [0, 0.05) is 17.1 Å². The van der Waals surface area contributed by atoms with Crippen LogP contribution in [0.15, 0.2) is 83.8 Å². The summed E-state index contributed by atoms with van der Waals surface area (Å²) in [6, 6.07) is 20.5. The highest BCUT2D eigenvalue weighted by Gasteiger charge is 2.33. The maximum absolute atomic E-state index is 13.9. The first-order valence-electron chi connectivity index (χ1n) is 13.0. The van der Waals surface area contributed by atoms with Crippen LogP contribution in [-0.2, 0) is 26.2 Å². The van der Waals surface area contributed by atoms with Gasteiger partial charge in [-0.15, -0.1) is 0 Å². The average Bonchev–Trinajstić information content (AvgIpc) is 2.90. The molecule has 0 aromatic heterocycles. The molecule has 1 N–H and O–H groups in total. The number of anilines is 1. The van der Waals surface area contributed by atoms with Crippen LogP contribution in [0.1, 0.15) is 40.2 Å². The zero-order valence-electron chi connectivity index (χ0n) is 23.4. The van der Waals surface area contributed by atoms with Crippen LogP contribution >= 0.6 is 11.6 Å². The minimum Gasteiger partial charge on any atom is -0.494 e. The fraction of sp³-hybridized carbons (Fsp3) is 0.333. The summed E-state index contributed by atoms with van der Waals surface area (Å²) in [5, 5.41) is 3.39. The smallest absolute Gasteiger partial charge is 0.264 e. The molecule has 8 nitrogen and oxygen atoms in total. The van der Waals surface area contributed by atoms with E-state index in [-0.39, 0.29) is 17.3 Å². The zero-order chi connectivity index (χ0) is 29.5. The molecule has 0 aliphatic heterocycles. The van der Waals surface area contributed by atoms with E-state index in [9.17, 15) is 18.0 Å². The summed E-state index contributed by atoms with van der Waals surface area (Å²) in [5.41, 5.74) is 0.500. The molecule has 40 heavy (non-hydrogen) atoms. The Bertz CT molecular complexity index is 1410. The van der Waals surface area contributed by atoms with E-state index < -0.39 is 34.1 Å². The Morgan fingerprint density at radius 2 is 1.62 bits per heavy atom. The van der Waals surface area contributed by atoms with Crippen LogP contribution in [-0.4, -0.2) is 49.9 Å². The van der Waals surface area contributed by atoms with E-state index in [1.54, 1.807) is 73.7 Å². The van der Waals surface area contributed by atoms with Gasteiger partial charge in [-0.2, -0.15) is 0 Å². The van der Waals surface area contributed by atoms with Gasteiger partial charge in [0.1, 0.15) is 18.3 Å². The molecule has 2 amide bonds. The molecule has 0 radical (unpaired) electrons. The van der Waals surface area contributed by atoms with Crippen molar-refractivity contribution in [2.24, 2.45) is 0 Å². The predicted molar refractivity (Wildman–Crippen MR) is 158 cm³/mol. The van der Waals surface area contributed by atoms with E-state index in [0.29, 0.717) is 28.6 Å². The number of para-hydroxylation sites is 1. The van der Waals surface area contributed by atoms with Gasteiger partial charge < -0.3 is 15.0 Å². The topological polar surface area (TPSA) is 96.0 Å². The summed E-state index contributed by atoms with van der Waals surface area (Å²) in [7, 11) is -4.16. The van der Waals surface area contributed by atoms with Crippen LogP contribution in [0.4, 0.5) is 5.69 Å². The number of carbonyl (C=O) groups is 2. The van der Waals surface area contributed by atoms with E-state index in [1.807, 2.05) is 27.7 Å². The molecular weight excluding hydrogens is 550 g/mol. The van der Waals surface area contributed by atoms with E-state index in [4.69, 9.17) is 16.3 Å². The molecule has 1 unspecified atom stereocenters. The third kappa shape index (κ3) is 8.22. The quantitative estimate of drug-likeness (QED) is 0.331. The Hall–Kier alpha value is -3.56. The lowest BCUT2D eigenvalue weighted by molar-refractivity contribution is -0.140. The number of nitrogens with zero attached hydrogens (tertiary/aromatic N) is 2. The average molecular weight is 586 g/mol. The maximum atomic E-state index is 13.9. The van der Waals surface area contributed by atoms with Gasteiger partial charge in [-0.3, -0.25) is 13.9 Å². The molecule has 0 fully saturated rings. The van der Waals surface area contributed by atoms with Gasteiger partial charge in [-0.1, -0.05) is 41.9 Å². The molecule has 0 aliphatic rings. The number of ether oxygens (including phenoxy) is 1. The Labute approximate surface area is 241 Å². The first kappa shape index (κ1) is 31.0. The molecule has 0 heterocycles. The number of sulfonamides is 1. The Kier molecular flexibility index (Phi) is 10.2. The van der Waals surface area contributed by atoms with E-state index >= 15 is 0 Å². The predicted octanol–water partition coefficient (Wildman–Crippen LogP) is 5.27. The van der Waals surface area contributed by atoms with Crippen molar-refractivity contribution in [3.05, 3.63) is 89.4 Å². The summed E-state index contributed by atoms with van der Waals surface area (Å²) in [6.45, 7) is 8.99. The van der Waals surface area contributed by atoms with Gasteiger partial charge in [-0.05, 0) is 88.7 Å². The first-order valence-corrected chi connectivity index (χ1v) is 14.8. The molecule has 1 atom stereocenters. The van der Waals surface area contributed by atoms with Crippen molar-refractivity contribution < 1.29 is 22.7 Å². The highest BCUT2D eigenvalue weighted by molar-refractivity contribution is 7.92. The number of hydrogen-bond donors (Lipinski definition) is 1. The Morgan fingerprint density at radius 1 is 0.975 bits per heavy atom. The van der Waals surface area contributed by atoms with Crippen LogP contribution in [0.25, 0.3) is 0 Å². The van der Waals surface area contributed by atoms with Crippen molar-refractivity contribution in [2.45, 2.75) is 57.6 Å². The van der Waals surface area contributed by atoms with Crippen LogP contribution in [0, 0.1) is 0 Å². The molecule has 0 aliphatic carbocycles. The van der Waals surface area contributed by atoms with Crippen molar-refractivity contribution >= 4 is 39.1 Å². The Morgan fingerprint density at radius 3 is 2.20 bits per heavy atom. The van der Waals surface area contributed by atoms with Gasteiger partial charge in [0.2, 0.25) is 11.8 Å². The van der Waals surface area contributed by atoms with Crippen molar-refractivity contribution in [3.63, 3.8) is 0 Å². The molecule has 3 rings (SSSR count). The fourth-order valence-electron chi connectivity index (χ4n) is 4.01. The lowest BCUT2D eigenvalue weighted by atomic mass is 10.1. The van der Waals surface area contributed by atoms with Crippen molar-refractivity contribution in [3.8, 4) is 5.75 Å². The van der Waals surface area contributed by atoms with Crippen molar-refractivity contribution in [2.75, 3.05) is 17.5 Å². The van der Waals surface area contributed by atoms with E-state index in [2.05, 4.69) is 5.32 Å². The van der Waals surface area contributed by atoms with Crippen LogP contribution in [0.5, 0.6) is 5.75 Å². The van der Waals surface area contributed by atoms with Crippen LogP contribution in [0.3, 0.4) is 0 Å². The van der Waals surface area contributed by atoms with Crippen molar-refractivity contribution in [1.82, 2.24) is 10.2 Å². The van der Waals surface area contributed by atoms with Crippen molar-refractivity contribution in [1.29, 1.82) is 0 Å². The summed E-state index contributed by atoms with van der Waals surface area (Å²) in [6.07, 6.45) is 0. The van der Waals surface area contributed by atoms with Gasteiger partial charge in [0.25, 0.3) is 10.0 Å². The third-order valence-corrected chi connectivity index (χ3v) is 7.98. The van der Waals surface area contributed by atoms with Gasteiger partial charge in [-0.25, -0.2) is 8.42 Å². The molecule has 214 valence electrons. The Balaban J connectivity index is 2.00. The molecule has 0 spiro atoms. The highest BCUT2D eigenvalue weighted by atomic mass is 35.5. The number of amides is 2. The van der Waals surface area contributed by atoms with E-state index in [1.165, 1.54) is 17.0 Å². The number of benzene rings is 3. The number of halogens is 1. The van der Waals surface area contributed by atoms with Crippen LogP contribution < -0.4 is 14.4 Å². The molecule has 0 saturated heterocycles. The summed E-state index contributed by atoms with van der Waals surface area (Å²) in [4.78, 5) is 28.5. The highest BCUT2D eigenvalue weighted by Crippen LogP contribution is 2.26. The molecule has 3 aromatic rings.